The van der Waals surface area contributed by atoms with Crippen LogP contribution in [0.2, 0.25) is 0 Å². The first-order chi connectivity index (χ1) is 35.2. The van der Waals surface area contributed by atoms with E-state index >= 15 is 0 Å². The molecule has 2 heteroatoms. The lowest BCUT2D eigenvalue weighted by molar-refractivity contribution is -0.0114. The van der Waals surface area contributed by atoms with Crippen molar-refractivity contribution in [2.45, 2.75) is 338 Å². The van der Waals surface area contributed by atoms with Gasteiger partial charge in [0.1, 0.15) is 0 Å². The quantitative estimate of drug-likeness (QED) is 0.134. The van der Waals surface area contributed by atoms with Gasteiger partial charge in [-0.05, 0) is 245 Å². The fraction of sp³-hybridized carbons (Fsp3) is 0.913. The van der Waals surface area contributed by atoms with Gasteiger partial charge in [0.05, 0.1) is 0 Å². The lowest BCUT2D eigenvalue weighted by atomic mass is 9.69. The zero-order valence-electron chi connectivity index (χ0n) is 46.8. The van der Waals surface area contributed by atoms with Crippen LogP contribution in [-0.4, -0.2) is 46.1 Å². The highest BCUT2D eigenvalue weighted by Crippen LogP contribution is 2.47. The number of hydrogen-bond donors (Lipinski definition) is 0. The maximum atomic E-state index is 3.32. The molecule has 0 amide bonds. The van der Waals surface area contributed by atoms with E-state index in [9.17, 15) is 0 Å². The Hall–Kier alpha value is -0.860. The van der Waals surface area contributed by atoms with E-state index < -0.39 is 0 Å². The molecule has 0 spiro atoms. The molecule has 0 N–H and O–H groups in total. The fourth-order valence-corrected chi connectivity index (χ4v) is 19.2. The predicted molar refractivity (Wildman–Crippen MR) is 306 cm³/mol. The molecule has 402 valence electrons. The third-order valence-electron chi connectivity index (χ3n) is 23.6. The summed E-state index contributed by atoms with van der Waals surface area (Å²) in [6.07, 6.45) is 86.5. The summed E-state index contributed by atoms with van der Waals surface area (Å²) >= 11 is 0. The van der Waals surface area contributed by atoms with Crippen molar-refractivity contribution < 1.29 is 0 Å². The molecule has 10 aliphatic carbocycles. The standard InChI is InChI=1S/C69H116N2/c1-5-14-54(15-6-1)22-13-23-58-30-42-64(43-31-58)70(65-44-32-59(33-45-65)27-24-55-16-7-2-8-17-55)68-50-38-62(39-51-68)63-40-52-69(53-41-63)71(66-46-34-60(35-47-66)28-25-56-18-9-3-10-19-56)67-48-36-61(37-49-67)29-26-57-20-11-4-12-21-57/h13,23-25,27-28,54-69H,1-12,14-22,26,29-53H2. The topological polar surface area (TPSA) is 6.48 Å². The van der Waals surface area contributed by atoms with Gasteiger partial charge < -0.3 is 0 Å². The van der Waals surface area contributed by atoms with Crippen molar-refractivity contribution in [1.82, 2.24) is 9.80 Å². The maximum Gasteiger partial charge on any atom is 0.0102 e. The first-order valence-corrected chi connectivity index (χ1v) is 33.7. The maximum absolute atomic E-state index is 3.32. The van der Waals surface area contributed by atoms with Crippen LogP contribution in [0.25, 0.3) is 0 Å². The lowest BCUT2D eigenvalue weighted by Crippen LogP contribution is -2.53. The van der Waals surface area contributed by atoms with Gasteiger partial charge in [-0.2, -0.15) is 0 Å². The van der Waals surface area contributed by atoms with Gasteiger partial charge in [-0.3, -0.25) is 9.80 Å². The SMILES string of the molecule is C(=CC1CCC(N(C2CCC(C=CC3CCCCC3)CC2)C2CCC(C3CCC(N(C4CCC(C=CC5CCCCC5)CC4)C4CCC(CCC5CCCCC5)CC4)CC3)CC2)CC1)CC1CCCCC1. The molecule has 0 atom stereocenters. The van der Waals surface area contributed by atoms with Crippen LogP contribution in [0.1, 0.15) is 302 Å². The molecule has 10 rings (SSSR count). The van der Waals surface area contributed by atoms with Crippen molar-refractivity contribution in [3.8, 4) is 0 Å². The van der Waals surface area contributed by atoms with Gasteiger partial charge in [0.15, 0.2) is 0 Å². The van der Waals surface area contributed by atoms with Crippen LogP contribution in [0, 0.1) is 59.2 Å². The molecule has 10 fully saturated rings. The summed E-state index contributed by atoms with van der Waals surface area (Å²) in [5, 5.41) is 0. The molecule has 0 heterocycles. The molecule has 71 heavy (non-hydrogen) atoms. The summed E-state index contributed by atoms with van der Waals surface area (Å²) in [5.74, 6) is 9.48. The Morgan fingerprint density at radius 2 is 0.493 bits per heavy atom. The van der Waals surface area contributed by atoms with Crippen LogP contribution in [0.3, 0.4) is 0 Å². The lowest BCUT2D eigenvalue weighted by Gasteiger charge is -2.51. The van der Waals surface area contributed by atoms with E-state index in [1.807, 2.05) is 0 Å². The van der Waals surface area contributed by atoms with E-state index in [1.54, 1.807) is 64.2 Å². The first kappa shape index (κ1) is 53.5. The predicted octanol–water partition coefficient (Wildman–Crippen LogP) is 20.1. The van der Waals surface area contributed by atoms with Crippen LogP contribution in [0.5, 0.6) is 0 Å². The molecule has 2 nitrogen and oxygen atoms in total. The highest BCUT2D eigenvalue weighted by Gasteiger charge is 2.42. The molecular formula is C69H116N2. The summed E-state index contributed by atoms with van der Waals surface area (Å²) in [4.78, 5) is 6.63. The van der Waals surface area contributed by atoms with Crippen LogP contribution < -0.4 is 0 Å². The monoisotopic (exact) mass is 973 g/mol. The molecule has 0 radical (unpaired) electrons. The van der Waals surface area contributed by atoms with Crippen molar-refractivity contribution in [2.24, 2.45) is 59.2 Å². The van der Waals surface area contributed by atoms with Gasteiger partial charge >= 0.3 is 0 Å². The number of nitrogens with zero attached hydrogens (tertiary/aromatic N) is 2. The Morgan fingerprint density at radius 3 is 0.859 bits per heavy atom. The van der Waals surface area contributed by atoms with Crippen molar-refractivity contribution in [3.05, 3.63) is 36.5 Å². The number of allylic oxidation sites excluding steroid dienone is 6. The summed E-state index contributed by atoms with van der Waals surface area (Å²) < 4.78 is 0. The Balaban J connectivity index is 0.727. The molecule has 0 aromatic rings. The zero-order valence-corrected chi connectivity index (χ0v) is 46.8. The molecule has 0 aliphatic heterocycles. The van der Waals surface area contributed by atoms with Gasteiger partial charge in [0, 0.05) is 36.3 Å². The Bertz CT molecular complexity index is 1520. The smallest absolute Gasteiger partial charge is 0.0102 e. The van der Waals surface area contributed by atoms with Gasteiger partial charge in [-0.1, -0.05) is 152 Å². The van der Waals surface area contributed by atoms with Crippen molar-refractivity contribution >= 4 is 0 Å². The minimum absolute atomic E-state index is 0.855. The molecule has 0 aromatic heterocycles. The minimum atomic E-state index is 0.855. The van der Waals surface area contributed by atoms with Crippen LogP contribution in [0.4, 0.5) is 0 Å². The first-order valence-electron chi connectivity index (χ1n) is 33.7. The second kappa shape index (κ2) is 28.5. The minimum Gasteiger partial charge on any atom is -0.294 e. The molecular weight excluding hydrogens is 857 g/mol. The molecule has 0 bridgehead atoms. The molecule has 0 aromatic carbocycles. The summed E-state index contributed by atoms with van der Waals surface area (Å²) in [7, 11) is 0. The van der Waals surface area contributed by atoms with E-state index in [-0.39, 0.29) is 0 Å². The molecule has 10 aliphatic rings. The van der Waals surface area contributed by atoms with Gasteiger partial charge in [0.25, 0.3) is 0 Å². The van der Waals surface area contributed by atoms with E-state index in [4.69, 9.17) is 0 Å². The molecule has 0 unspecified atom stereocenters. The summed E-state index contributed by atoms with van der Waals surface area (Å²) in [5.41, 5.74) is 0. The normalized spacial score (nSPS) is 38.8. The Morgan fingerprint density at radius 1 is 0.225 bits per heavy atom. The fourth-order valence-electron chi connectivity index (χ4n) is 19.2. The van der Waals surface area contributed by atoms with Crippen LogP contribution in [0.15, 0.2) is 36.5 Å². The second-order valence-corrected chi connectivity index (χ2v) is 28.2. The van der Waals surface area contributed by atoms with Crippen molar-refractivity contribution in [3.63, 3.8) is 0 Å². The van der Waals surface area contributed by atoms with Gasteiger partial charge in [-0.15, -0.1) is 0 Å². The third kappa shape index (κ3) is 15.9. The van der Waals surface area contributed by atoms with E-state index in [1.165, 1.54) is 238 Å². The summed E-state index contributed by atoms with van der Waals surface area (Å²) in [6, 6.07) is 5.22. The highest BCUT2D eigenvalue weighted by atomic mass is 15.2. The van der Waals surface area contributed by atoms with Crippen molar-refractivity contribution in [2.75, 3.05) is 0 Å². The third-order valence-corrected chi connectivity index (χ3v) is 23.6. The van der Waals surface area contributed by atoms with Crippen molar-refractivity contribution in [1.29, 1.82) is 0 Å². The van der Waals surface area contributed by atoms with Crippen LogP contribution in [-0.2, 0) is 0 Å². The number of hydrogen-bond acceptors (Lipinski definition) is 2. The summed E-state index contributed by atoms with van der Waals surface area (Å²) in [6.45, 7) is 0. The van der Waals surface area contributed by atoms with E-state index in [0.29, 0.717) is 0 Å². The largest absolute Gasteiger partial charge is 0.294 e. The molecule has 0 saturated heterocycles. The Kier molecular flexibility index (Phi) is 21.5. The second-order valence-electron chi connectivity index (χ2n) is 28.2. The van der Waals surface area contributed by atoms with Gasteiger partial charge in [0.2, 0.25) is 0 Å². The average molecular weight is 974 g/mol. The number of rotatable bonds is 17. The van der Waals surface area contributed by atoms with Crippen LogP contribution >= 0.6 is 0 Å². The van der Waals surface area contributed by atoms with E-state index in [0.717, 1.165) is 95.4 Å². The average Bonchev–Trinajstić information content (AvgIpc) is 3.44. The zero-order chi connectivity index (χ0) is 47.9. The highest BCUT2D eigenvalue weighted by molar-refractivity contribution is 5.03. The van der Waals surface area contributed by atoms with Gasteiger partial charge in [-0.25, -0.2) is 0 Å². The van der Waals surface area contributed by atoms with E-state index in [2.05, 4.69) is 46.3 Å². The molecule has 10 saturated carbocycles. The Labute approximate surface area is 441 Å².